The highest BCUT2D eigenvalue weighted by atomic mass is 16.5. The summed E-state index contributed by atoms with van der Waals surface area (Å²) in [5, 5.41) is 0. The first kappa shape index (κ1) is 12.8. The summed E-state index contributed by atoms with van der Waals surface area (Å²) in [5.74, 6) is -0.175. The minimum Gasteiger partial charge on any atom is -0.463 e. The van der Waals surface area contributed by atoms with Crippen molar-refractivity contribution in [3.8, 4) is 0 Å². The van der Waals surface area contributed by atoms with Crippen LogP contribution in [0.15, 0.2) is 30.3 Å². The Morgan fingerprint density at radius 3 is 2.50 bits per heavy atom. The number of hydrogen-bond donors (Lipinski definition) is 0. The van der Waals surface area contributed by atoms with Crippen LogP contribution in [0.2, 0.25) is 0 Å². The minimum absolute atomic E-state index is 0.0720. The van der Waals surface area contributed by atoms with E-state index in [0.717, 1.165) is 25.7 Å². The number of carbonyl (C=O) groups is 1. The molecule has 0 aliphatic heterocycles. The molecule has 1 rings (SSSR count). The van der Waals surface area contributed by atoms with Gasteiger partial charge in [-0.3, -0.25) is 4.79 Å². The quantitative estimate of drug-likeness (QED) is 0.687. The van der Waals surface area contributed by atoms with E-state index in [2.05, 4.69) is 19.1 Å². The Morgan fingerprint density at radius 1 is 1.25 bits per heavy atom. The van der Waals surface area contributed by atoms with E-state index in [1.807, 2.05) is 18.2 Å². The molecule has 88 valence electrons. The van der Waals surface area contributed by atoms with E-state index in [9.17, 15) is 4.79 Å². The van der Waals surface area contributed by atoms with E-state index < -0.39 is 0 Å². The maximum absolute atomic E-state index is 10.9. The lowest BCUT2D eigenvalue weighted by Gasteiger charge is -2.16. The van der Waals surface area contributed by atoms with E-state index in [1.54, 1.807) is 0 Å². The van der Waals surface area contributed by atoms with Gasteiger partial charge in [0.25, 0.3) is 0 Å². The summed E-state index contributed by atoms with van der Waals surface area (Å²) in [5.41, 5.74) is 1.30. The summed E-state index contributed by atoms with van der Waals surface area (Å²) in [6.45, 7) is 3.59. The zero-order chi connectivity index (χ0) is 11.8. The minimum atomic E-state index is -0.175. The molecule has 2 nitrogen and oxygen atoms in total. The van der Waals surface area contributed by atoms with Crippen molar-refractivity contribution in [2.45, 2.75) is 45.6 Å². The van der Waals surface area contributed by atoms with Crippen LogP contribution in [-0.4, -0.2) is 12.1 Å². The van der Waals surface area contributed by atoms with Gasteiger partial charge in [0, 0.05) is 6.92 Å². The Hall–Kier alpha value is -1.31. The van der Waals surface area contributed by atoms with Crippen molar-refractivity contribution in [3.05, 3.63) is 35.9 Å². The number of rotatable bonds is 6. The molecule has 0 N–H and O–H groups in total. The van der Waals surface area contributed by atoms with Gasteiger partial charge in [-0.05, 0) is 24.8 Å². The normalized spacial score (nSPS) is 12.1. The van der Waals surface area contributed by atoms with E-state index in [1.165, 1.54) is 12.5 Å². The molecule has 1 atom stereocenters. The molecule has 0 saturated carbocycles. The predicted molar refractivity (Wildman–Crippen MR) is 65.2 cm³/mol. The van der Waals surface area contributed by atoms with Gasteiger partial charge in [-0.15, -0.1) is 0 Å². The third-order valence-corrected chi connectivity index (χ3v) is 2.54. The Bertz CT molecular complexity index is 306. The lowest BCUT2D eigenvalue weighted by molar-refractivity contribution is -0.146. The van der Waals surface area contributed by atoms with Crippen LogP contribution in [0.25, 0.3) is 0 Å². The first-order valence-electron chi connectivity index (χ1n) is 5.93. The summed E-state index contributed by atoms with van der Waals surface area (Å²) in [7, 11) is 0. The molecule has 0 unspecified atom stereocenters. The largest absolute Gasteiger partial charge is 0.463 e. The van der Waals surface area contributed by atoms with E-state index >= 15 is 0 Å². The second-order valence-corrected chi connectivity index (χ2v) is 4.04. The van der Waals surface area contributed by atoms with Crippen LogP contribution in [0.4, 0.5) is 0 Å². The number of hydrogen-bond acceptors (Lipinski definition) is 2. The molecule has 2 heteroatoms. The molecular formula is C14H20O2. The molecule has 1 aromatic carbocycles. The van der Waals surface area contributed by atoms with Gasteiger partial charge in [0.1, 0.15) is 6.10 Å². The predicted octanol–water partition coefficient (Wildman–Crippen LogP) is 3.35. The molecule has 0 amide bonds. The van der Waals surface area contributed by atoms with Crippen LogP contribution in [0, 0.1) is 0 Å². The van der Waals surface area contributed by atoms with Crippen LogP contribution in [-0.2, 0) is 16.0 Å². The van der Waals surface area contributed by atoms with Crippen molar-refractivity contribution in [2.24, 2.45) is 0 Å². The zero-order valence-corrected chi connectivity index (χ0v) is 10.1. The Labute approximate surface area is 97.6 Å². The first-order valence-corrected chi connectivity index (χ1v) is 5.93. The number of carbonyl (C=O) groups excluding carboxylic acids is 1. The van der Waals surface area contributed by atoms with Crippen LogP contribution in [0.3, 0.4) is 0 Å². The van der Waals surface area contributed by atoms with Crippen molar-refractivity contribution < 1.29 is 9.53 Å². The smallest absolute Gasteiger partial charge is 0.302 e. The number of esters is 1. The fraction of sp³-hybridized carbons (Fsp3) is 0.500. The number of aryl methyl sites for hydroxylation is 1. The fourth-order valence-corrected chi connectivity index (χ4v) is 1.79. The summed E-state index contributed by atoms with van der Waals surface area (Å²) >= 11 is 0. The third kappa shape index (κ3) is 4.96. The molecule has 0 radical (unpaired) electrons. The van der Waals surface area contributed by atoms with Crippen molar-refractivity contribution >= 4 is 5.97 Å². The van der Waals surface area contributed by atoms with Crippen LogP contribution >= 0.6 is 0 Å². The summed E-state index contributed by atoms with van der Waals surface area (Å²) < 4.78 is 5.27. The molecule has 0 aromatic heterocycles. The van der Waals surface area contributed by atoms with E-state index in [0.29, 0.717) is 0 Å². The van der Waals surface area contributed by atoms with Gasteiger partial charge < -0.3 is 4.74 Å². The van der Waals surface area contributed by atoms with Gasteiger partial charge in [-0.25, -0.2) is 0 Å². The Balaban J connectivity index is 2.40. The maximum atomic E-state index is 10.9. The van der Waals surface area contributed by atoms with E-state index in [4.69, 9.17) is 4.74 Å². The maximum Gasteiger partial charge on any atom is 0.302 e. The van der Waals surface area contributed by atoms with Crippen LogP contribution < -0.4 is 0 Å². The van der Waals surface area contributed by atoms with Crippen molar-refractivity contribution in [1.29, 1.82) is 0 Å². The summed E-state index contributed by atoms with van der Waals surface area (Å²) in [4.78, 5) is 10.9. The van der Waals surface area contributed by atoms with Gasteiger partial charge in [0.15, 0.2) is 0 Å². The summed E-state index contributed by atoms with van der Waals surface area (Å²) in [6.07, 6.45) is 3.96. The molecule has 0 saturated heterocycles. The fourth-order valence-electron chi connectivity index (χ4n) is 1.79. The van der Waals surface area contributed by atoms with Crippen molar-refractivity contribution in [3.63, 3.8) is 0 Å². The average molecular weight is 220 g/mol. The van der Waals surface area contributed by atoms with Crippen LogP contribution in [0.5, 0.6) is 0 Å². The van der Waals surface area contributed by atoms with Crippen molar-refractivity contribution in [2.75, 3.05) is 0 Å². The van der Waals surface area contributed by atoms with Gasteiger partial charge >= 0.3 is 5.97 Å². The number of ether oxygens (including phenoxy) is 1. The highest BCUT2D eigenvalue weighted by Crippen LogP contribution is 2.12. The molecule has 0 bridgehead atoms. The molecule has 16 heavy (non-hydrogen) atoms. The SMILES string of the molecule is CCC[C@H](CCc1ccccc1)OC(C)=O. The standard InChI is InChI=1S/C14H20O2/c1-3-7-14(16-12(2)15)11-10-13-8-5-4-6-9-13/h4-6,8-9,14H,3,7,10-11H2,1-2H3/t14-/m1/s1. The first-order chi connectivity index (χ1) is 7.72. The molecular weight excluding hydrogens is 200 g/mol. The molecule has 0 aliphatic carbocycles. The molecule has 0 fully saturated rings. The van der Waals surface area contributed by atoms with Gasteiger partial charge in [0.05, 0.1) is 0 Å². The highest BCUT2D eigenvalue weighted by Gasteiger charge is 2.10. The van der Waals surface area contributed by atoms with E-state index in [-0.39, 0.29) is 12.1 Å². The average Bonchev–Trinajstić information content (AvgIpc) is 2.27. The summed E-state index contributed by atoms with van der Waals surface area (Å²) in [6, 6.07) is 10.3. The van der Waals surface area contributed by atoms with Gasteiger partial charge in [-0.1, -0.05) is 43.7 Å². The van der Waals surface area contributed by atoms with Gasteiger partial charge in [0.2, 0.25) is 0 Å². The molecule has 0 aliphatic rings. The van der Waals surface area contributed by atoms with Crippen molar-refractivity contribution in [1.82, 2.24) is 0 Å². The lowest BCUT2D eigenvalue weighted by atomic mass is 10.0. The monoisotopic (exact) mass is 220 g/mol. The molecule has 1 aromatic rings. The van der Waals surface area contributed by atoms with Gasteiger partial charge in [-0.2, -0.15) is 0 Å². The second kappa shape index (κ2) is 7.04. The number of benzene rings is 1. The highest BCUT2D eigenvalue weighted by molar-refractivity contribution is 5.66. The second-order valence-electron chi connectivity index (χ2n) is 4.04. The zero-order valence-electron chi connectivity index (χ0n) is 10.1. The Kier molecular flexibility index (Phi) is 5.62. The molecule has 0 heterocycles. The lowest BCUT2D eigenvalue weighted by Crippen LogP contribution is -2.16. The Morgan fingerprint density at radius 2 is 1.94 bits per heavy atom. The molecule has 0 spiro atoms. The topological polar surface area (TPSA) is 26.3 Å². The third-order valence-electron chi connectivity index (χ3n) is 2.54. The van der Waals surface area contributed by atoms with Crippen LogP contribution in [0.1, 0.15) is 38.7 Å².